The van der Waals surface area contributed by atoms with Crippen molar-refractivity contribution < 1.29 is 5.11 Å². The van der Waals surface area contributed by atoms with Gasteiger partial charge in [-0.25, -0.2) is 0 Å². The first-order chi connectivity index (χ1) is 4.70. The monoisotopic (exact) mass is 251 g/mol. The topological polar surface area (TPSA) is 46.2 Å². The van der Waals surface area contributed by atoms with Gasteiger partial charge in [-0.05, 0) is 29.0 Å². The third kappa shape index (κ3) is 2.07. The first-order valence-electron chi connectivity index (χ1n) is 3.17. The van der Waals surface area contributed by atoms with Crippen molar-refractivity contribution in [3.8, 4) is 0 Å². The van der Waals surface area contributed by atoms with Gasteiger partial charge in [0.15, 0.2) is 0 Å². The van der Waals surface area contributed by atoms with Crippen molar-refractivity contribution in [2.24, 2.45) is 11.7 Å². The van der Waals surface area contributed by atoms with E-state index in [0.717, 1.165) is 10.0 Å². The van der Waals surface area contributed by atoms with Crippen molar-refractivity contribution >= 4 is 22.6 Å². The number of aliphatic hydroxyl groups is 1. The van der Waals surface area contributed by atoms with Crippen molar-refractivity contribution in [2.75, 3.05) is 0 Å². The van der Waals surface area contributed by atoms with Crippen LogP contribution in [0.15, 0.2) is 21.8 Å². The van der Waals surface area contributed by atoms with Crippen LogP contribution in [0.1, 0.15) is 6.42 Å². The van der Waals surface area contributed by atoms with Gasteiger partial charge in [0.25, 0.3) is 0 Å². The molecule has 0 amide bonds. The predicted octanol–water partition coefficient (Wildman–Crippen LogP) is 1.16. The molecule has 0 fully saturated rings. The minimum Gasteiger partial charge on any atom is -0.378 e. The Labute approximate surface area is 73.9 Å². The number of hydrogen-bond acceptors (Lipinski definition) is 2. The minimum absolute atomic E-state index is 0.108. The highest BCUT2D eigenvalue weighted by Crippen LogP contribution is 2.21. The summed E-state index contributed by atoms with van der Waals surface area (Å²) in [5.74, 6) is 0.108. The number of halogens is 1. The molecule has 0 saturated heterocycles. The van der Waals surface area contributed by atoms with Gasteiger partial charge in [0.1, 0.15) is 6.23 Å². The van der Waals surface area contributed by atoms with Gasteiger partial charge in [0, 0.05) is 9.50 Å². The van der Waals surface area contributed by atoms with Crippen molar-refractivity contribution in [1.29, 1.82) is 0 Å². The van der Waals surface area contributed by atoms with Crippen LogP contribution in [0.2, 0.25) is 0 Å². The molecular weight excluding hydrogens is 241 g/mol. The zero-order valence-corrected chi connectivity index (χ0v) is 7.65. The summed E-state index contributed by atoms with van der Waals surface area (Å²) >= 11 is 2.21. The lowest BCUT2D eigenvalue weighted by molar-refractivity contribution is 0.137. The van der Waals surface area contributed by atoms with Crippen molar-refractivity contribution in [3.05, 3.63) is 21.8 Å². The summed E-state index contributed by atoms with van der Waals surface area (Å²) in [4.78, 5) is 0. The maximum Gasteiger partial charge on any atom is 0.109 e. The summed E-state index contributed by atoms with van der Waals surface area (Å²) in [5, 5.41) is 8.99. The van der Waals surface area contributed by atoms with Crippen molar-refractivity contribution in [1.82, 2.24) is 0 Å². The molecule has 0 heterocycles. The largest absolute Gasteiger partial charge is 0.378 e. The van der Waals surface area contributed by atoms with Gasteiger partial charge in [0.2, 0.25) is 0 Å². The average Bonchev–Trinajstić information content (AvgIpc) is 1.88. The molecule has 56 valence electrons. The minimum atomic E-state index is -0.713. The molecule has 0 spiro atoms. The molecule has 2 atom stereocenters. The van der Waals surface area contributed by atoms with Crippen LogP contribution in [0.4, 0.5) is 0 Å². The fourth-order valence-electron chi connectivity index (χ4n) is 0.904. The van der Waals surface area contributed by atoms with Crippen LogP contribution in [0, 0.1) is 5.92 Å². The second-order valence-electron chi connectivity index (χ2n) is 2.34. The normalized spacial score (nSPS) is 27.9. The summed E-state index contributed by atoms with van der Waals surface area (Å²) in [6, 6.07) is 0. The first kappa shape index (κ1) is 8.23. The van der Waals surface area contributed by atoms with Gasteiger partial charge < -0.3 is 10.8 Å². The molecule has 0 radical (unpaired) electrons. The highest BCUT2D eigenvalue weighted by Gasteiger charge is 2.13. The molecule has 0 bridgehead atoms. The Balaban J connectivity index is 2.60. The molecule has 1 unspecified atom stereocenters. The lowest BCUT2D eigenvalue weighted by atomic mass is 10.00. The number of nitrogens with two attached hydrogens (primary N) is 1. The zero-order chi connectivity index (χ0) is 7.56. The lowest BCUT2D eigenvalue weighted by Crippen LogP contribution is -2.28. The molecule has 3 N–H and O–H groups in total. The van der Waals surface area contributed by atoms with Gasteiger partial charge in [-0.15, -0.1) is 0 Å². The van der Waals surface area contributed by atoms with Gasteiger partial charge in [0.05, 0.1) is 0 Å². The Morgan fingerprint density at radius 1 is 1.80 bits per heavy atom. The fourth-order valence-corrected chi connectivity index (χ4v) is 1.62. The number of hydrogen-bond donors (Lipinski definition) is 2. The Kier molecular flexibility index (Phi) is 2.88. The average molecular weight is 251 g/mol. The van der Waals surface area contributed by atoms with E-state index in [1.165, 1.54) is 0 Å². The summed E-state index contributed by atoms with van der Waals surface area (Å²) in [6.45, 7) is 0. The predicted molar refractivity (Wildman–Crippen MR) is 49.5 cm³/mol. The van der Waals surface area contributed by atoms with Gasteiger partial charge in [-0.2, -0.15) is 0 Å². The van der Waals surface area contributed by atoms with E-state index < -0.39 is 6.23 Å². The standard InChI is InChI=1S/C7H10INO/c8-6-3-1-2-5(4-6)7(9)10/h1,3-5,7,10H,2,9H2/t5?,7-/m1/s1. The van der Waals surface area contributed by atoms with E-state index in [-0.39, 0.29) is 5.92 Å². The molecule has 0 aromatic carbocycles. The molecule has 2 nitrogen and oxygen atoms in total. The van der Waals surface area contributed by atoms with E-state index in [4.69, 9.17) is 10.8 Å². The number of aliphatic hydroxyl groups excluding tert-OH is 1. The van der Waals surface area contributed by atoms with E-state index in [1.54, 1.807) is 0 Å². The molecule has 0 aromatic heterocycles. The van der Waals surface area contributed by atoms with Gasteiger partial charge in [-0.3, -0.25) is 0 Å². The Morgan fingerprint density at radius 3 is 2.90 bits per heavy atom. The van der Waals surface area contributed by atoms with Crippen LogP contribution >= 0.6 is 22.6 Å². The van der Waals surface area contributed by atoms with E-state index >= 15 is 0 Å². The number of rotatable bonds is 1. The maximum absolute atomic E-state index is 8.99. The molecular formula is C7H10INO. The van der Waals surface area contributed by atoms with Gasteiger partial charge >= 0.3 is 0 Å². The van der Waals surface area contributed by atoms with Crippen molar-refractivity contribution in [2.45, 2.75) is 12.6 Å². The molecule has 1 aliphatic rings. The maximum atomic E-state index is 8.99. The third-order valence-electron chi connectivity index (χ3n) is 1.50. The van der Waals surface area contributed by atoms with E-state index in [9.17, 15) is 0 Å². The Morgan fingerprint density at radius 2 is 2.50 bits per heavy atom. The molecule has 10 heavy (non-hydrogen) atoms. The zero-order valence-electron chi connectivity index (χ0n) is 5.50. The smallest absolute Gasteiger partial charge is 0.109 e. The van der Waals surface area contributed by atoms with Crippen LogP contribution in [-0.4, -0.2) is 11.3 Å². The first-order valence-corrected chi connectivity index (χ1v) is 4.25. The summed E-state index contributed by atoms with van der Waals surface area (Å²) in [7, 11) is 0. The van der Waals surface area contributed by atoms with Crippen LogP contribution < -0.4 is 5.73 Å². The highest BCUT2D eigenvalue weighted by molar-refractivity contribution is 14.1. The lowest BCUT2D eigenvalue weighted by Gasteiger charge is -2.16. The molecule has 1 aliphatic carbocycles. The quantitative estimate of drug-likeness (QED) is 0.542. The van der Waals surface area contributed by atoms with E-state index in [1.807, 2.05) is 18.2 Å². The van der Waals surface area contributed by atoms with Crippen LogP contribution in [0.5, 0.6) is 0 Å². The number of allylic oxidation sites excluding steroid dienone is 3. The molecule has 0 aromatic rings. The van der Waals surface area contributed by atoms with Crippen molar-refractivity contribution in [3.63, 3.8) is 0 Å². The van der Waals surface area contributed by atoms with Gasteiger partial charge in [-0.1, -0.05) is 18.2 Å². The Hall–Kier alpha value is 0.130. The molecule has 0 aliphatic heterocycles. The van der Waals surface area contributed by atoms with E-state index in [2.05, 4.69) is 22.6 Å². The third-order valence-corrected chi connectivity index (χ3v) is 2.22. The second-order valence-corrected chi connectivity index (χ2v) is 3.59. The fraction of sp³-hybridized carbons (Fsp3) is 0.429. The Bertz CT molecular complexity index is 174. The SMILES string of the molecule is N[C@H](O)C1C=C(I)C=CC1. The summed E-state index contributed by atoms with van der Waals surface area (Å²) in [5.41, 5.74) is 5.30. The molecule has 3 heteroatoms. The molecule has 0 saturated carbocycles. The second kappa shape index (κ2) is 3.50. The van der Waals surface area contributed by atoms with Crippen LogP contribution in [0.25, 0.3) is 0 Å². The van der Waals surface area contributed by atoms with Crippen LogP contribution in [0.3, 0.4) is 0 Å². The van der Waals surface area contributed by atoms with Crippen LogP contribution in [-0.2, 0) is 0 Å². The summed E-state index contributed by atoms with van der Waals surface area (Å²) < 4.78 is 1.15. The molecule has 1 rings (SSSR count). The van der Waals surface area contributed by atoms with E-state index in [0.29, 0.717) is 0 Å². The highest BCUT2D eigenvalue weighted by atomic mass is 127. The summed E-state index contributed by atoms with van der Waals surface area (Å²) in [6.07, 6.45) is 6.19.